The molecule has 0 spiro atoms. The second kappa shape index (κ2) is 9.10. The van der Waals surface area contributed by atoms with E-state index >= 15 is 0 Å². The van der Waals surface area contributed by atoms with Gasteiger partial charge in [0.15, 0.2) is 5.82 Å². The molecule has 1 N–H and O–H groups in total. The van der Waals surface area contributed by atoms with E-state index in [0.717, 1.165) is 31.9 Å². The summed E-state index contributed by atoms with van der Waals surface area (Å²) in [6, 6.07) is -0.191. The van der Waals surface area contributed by atoms with Crippen LogP contribution in [0.2, 0.25) is 0 Å². The number of morpholine rings is 1. The average molecular weight is 339 g/mol. The lowest BCUT2D eigenvalue weighted by Crippen LogP contribution is -2.53. The van der Waals surface area contributed by atoms with Gasteiger partial charge in [-0.15, -0.1) is 10.2 Å². The van der Waals surface area contributed by atoms with Gasteiger partial charge in [-0.1, -0.05) is 0 Å². The lowest BCUT2D eigenvalue weighted by atomic mass is 10.1. The second-order valence-corrected chi connectivity index (χ2v) is 6.39. The van der Waals surface area contributed by atoms with Crippen LogP contribution in [0.15, 0.2) is 6.33 Å². The van der Waals surface area contributed by atoms with Crippen molar-refractivity contribution in [3.8, 4) is 0 Å². The molecular formula is C16H29N5O3. The third kappa shape index (κ3) is 5.25. The fraction of sp³-hybridized carbons (Fsp3) is 0.812. The molecule has 0 aliphatic carbocycles. The first kappa shape index (κ1) is 18.8. The Morgan fingerprint density at radius 3 is 2.83 bits per heavy atom. The molecule has 3 atom stereocenters. The summed E-state index contributed by atoms with van der Waals surface area (Å²) in [7, 11) is 1.68. The summed E-state index contributed by atoms with van der Waals surface area (Å²) in [5.74, 6) is 0.762. The number of aromatic nitrogens is 3. The van der Waals surface area contributed by atoms with Gasteiger partial charge in [-0.3, -0.25) is 9.69 Å². The predicted octanol–water partition coefficient (Wildman–Crippen LogP) is 0.429. The zero-order chi connectivity index (χ0) is 17.5. The fourth-order valence-corrected chi connectivity index (χ4v) is 3.00. The van der Waals surface area contributed by atoms with Gasteiger partial charge in [0, 0.05) is 33.4 Å². The number of ether oxygens (including phenoxy) is 2. The van der Waals surface area contributed by atoms with Crippen LogP contribution in [0.1, 0.15) is 33.0 Å². The van der Waals surface area contributed by atoms with Crippen LogP contribution in [0, 0.1) is 0 Å². The van der Waals surface area contributed by atoms with Gasteiger partial charge >= 0.3 is 0 Å². The molecule has 0 bridgehead atoms. The molecule has 1 fully saturated rings. The molecule has 24 heavy (non-hydrogen) atoms. The number of hydrogen-bond acceptors (Lipinski definition) is 6. The predicted molar refractivity (Wildman–Crippen MR) is 89.4 cm³/mol. The SMILES string of the molecule is COCCCn1cnnc1CNC(=O)[C@@H](C)N1C[C@@H](C)O[C@@H](C)C1. The monoisotopic (exact) mass is 339 g/mol. The summed E-state index contributed by atoms with van der Waals surface area (Å²) in [6.45, 7) is 9.40. The molecule has 1 aliphatic rings. The molecule has 136 valence electrons. The number of amides is 1. The zero-order valence-corrected chi connectivity index (χ0v) is 15.1. The van der Waals surface area contributed by atoms with E-state index in [1.54, 1.807) is 13.4 Å². The minimum Gasteiger partial charge on any atom is -0.385 e. The van der Waals surface area contributed by atoms with Crippen molar-refractivity contribution < 1.29 is 14.3 Å². The minimum atomic E-state index is -0.191. The van der Waals surface area contributed by atoms with E-state index in [1.807, 2.05) is 25.3 Å². The van der Waals surface area contributed by atoms with Crippen molar-refractivity contribution >= 4 is 5.91 Å². The van der Waals surface area contributed by atoms with Crippen LogP contribution >= 0.6 is 0 Å². The van der Waals surface area contributed by atoms with Gasteiger partial charge in [0.25, 0.3) is 0 Å². The molecule has 0 saturated carbocycles. The number of nitrogens with zero attached hydrogens (tertiary/aromatic N) is 4. The molecular weight excluding hydrogens is 310 g/mol. The van der Waals surface area contributed by atoms with E-state index in [1.165, 1.54) is 0 Å². The Morgan fingerprint density at radius 1 is 1.46 bits per heavy atom. The van der Waals surface area contributed by atoms with E-state index in [4.69, 9.17) is 9.47 Å². The maximum Gasteiger partial charge on any atom is 0.237 e. The van der Waals surface area contributed by atoms with Gasteiger partial charge in [-0.05, 0) is 27.2 Å². The number of carbonyl (C=O) groups is 1. The van der Waals surface area contributed by atoms with E-state index < -0.39 is 0 Å². The van der Waals surface area contributed by atoms with E-state index in [2.05, 4.69) is 20.4 Å². The third-order valence-corrected chi connectivity index (χ3v) is 4.24. The summed E-state index contributed by atoms with van der Waals surface area (Å²) in [4.78, 5) is 14.6. The highest BCUT2D eigenvalue weighted by molar-refractivity contribution is 5.81. The van der Waals surface area contributed by atoms with E-state index in [9.17, 15) is 4.79 Å². The maximum atomic E-state index is 12.5. The Morgan fingerprint density at radius 2 is 2.17 bits per heavy atom. The molecule has 8 heteroatoms. The Bertz CT molecular complexity index is 512. The molecule has 1 aliphatic heterocycles. The summed E-state index contributed by atoms with van der Waals surface area (Å²) in [6.07, 6.45) is 2.86. The van der Waals surface area contributed by atoms with Crippen molar-refractivity contribution in [2.24, 2.45) is 0 Å². The standard InChI is InChI=1S/C16H29N5O3/c1-12-9-21(10-13(2)24-12)14(3)16(22)17-8-15-19-18-11-20(15)6-5-7-23-4/h11-14H,5-10H2,1-4H3,(H,17,22)/t12-,13+,14-/m1/s1. The van der Waals surface area contributed by atoms with Gasteiger partial charge in [-0.2, -0.15) is 0 Å². The Kier molecular flexibility index (Phi) is 7.14. The highest BCUT2D eigenvalue weighted by atomic mass is 16.5. The lowest BCUT2D eigenvalue weighted by molar-refractivity contribution is -0.132. The summed E-state index contributed by atoms with van der Waals surface area (Å²) in [5, 5.41) is 11.0. The molecule has 1 aromatic rings. The highest BCUT2D eigenvalue weighted by Crippen LogP contribution is 2.13. The molecule has 0 aromatic carbocycles. The van der Waals surface area contributed by atoms with Crippen molar-refractivity contribution in [3.05, 3.63) is 12.2 Å². The molecule has 2 heterocycles. The Labute approximate surface area is 143 Å². The van der Waals surface area contributed by atoms with Crippen LogP contribution < -0.4 is 5.32 Å². The number of carbonyl (C=O) groups excluding carboxylic acids is 1. The number of nitrogens with one attached hydrogen (secondary N) is 1. The molecule has 1 amide bonds. The van der Waals surface area contributed by atoms with Crippen molar-refractivity contribution in [2.75, 3.05) is 26.8 Å². The van der Waals surface area contributed by atoms with E-state index in [0.29, 0.717) is 13.2 Å². The van der Waals surface area contributed by atoms with Crippen molar-refractivity contribution in [1.29, 1.82) is 0 Å². The van der Waals surface area contributed by atoms with Crippen LogP contribution in [0.4, 0.5) is 0 Å². The minimum absolute atomic E-state index is 0.00254. The quantitative estimate of drug-likeness (QED) is 0.692. The molecule has 8 nitrogen and oxygen atoms in total. The van der Waals surface area contributed by atoms with Gasteiger partial charge in [0.1, 0.15) is 6.33 Å². The molecule has 1 saturated heterocycles. The first-order valence-corrected chi connectivity index (χ1v) is 8.54. The number of hydrogen-bond donors (Lipinski definition) is 1. The fourth-order valence-electron chi connectivity index (χ4n) is 3.00. The summed E-state index contributed by atoms with van der Waals surface area (Å²) in [5.41, 5.74) is 0. The molecule has 1 aromatic heterocycles. The van der Waals surface area contributed by atoms with Crippen molar-refractivity contribution in [3.63, 3.8) is 0 Å². The van der Waals surface area contributed by atoms with Crippen LogP contribution in [0.25, 0.3) is 0 Å². The largest absolute Gasteiger partial charge is 0.385 e. The summed E-state index contributed by atoms with van der Waals surface area (Å²) < 4.78 is 12.7. The average Bonchev–Trinajstić information content (AvgIpc) is 2.98. The number of aryl methyl sites for hydroxylation is 1. The normalized spacial score (nSPS) is 23.2. The first-order valence-electron chi connectivity index (χ1n) is 8.54. The smallest absolute Gasteiger partial charge is 0.237 e. The third-order valence-electron chi connectivity index (χ3n) is 4.24. The van der Waals surface area contributed by atoms with Gasteiger partial charge < -0.3 is 19.4 Å². The Hall–Kier alpha value is -1.51. The number of rotatable bonds is 8. The molecule has 0 unspecified atom stereocenters. The first-order chi connectivity index (χ1) is 11.5. The molecule has 0 radical (unpaired) electrons. The second-order valence-electron chi connectivity index (χ2n) is 6.39. The maximum absolute atomic E-state index is 12.5. The zero-order valence-electron chi connectivity index (χ0n) is 15.1. The van der Waals surface area contributed by atoms with Gasteiger partial charge in [0.05, 0.1) is 24.8 Å². The molecule has 2 rings (SSSR count). The van der Waals surface area contributed by atoms with Crippen LogP contribution in [-0.2, 0) is 27.4 Å². The van der Waals surface area contributed by atoms with Gasteiger partial charge in [0.2, 0.25) is 5.91 Å². The topological polar surface area (TPSA) is 81.5 Å². The van der Waals surface area contributed by atoms with Crippen LogP contribution in [0.5, 0.6) is 0 Å². The van der Waals surface area contributed by atoms with E-state index in [-0.39, 0.29) is 24.2 Å². The van der Waals surface area contributed by atoms with Crippen molar-refractivity contribution in [2.45, 2.75) is 58.5 Å². The van der Waals surface area contributed by atoms with Crippen molar-refractivity contribution in [1.82, 2.24) is 25.0 Å². The lowest BCUT2D eigenvalue weighted by Gasteiger charge is -2.38. The van der Waals surface area contributed by atoms with Crippen LogP contribution in [0.3, 0.4) is 0 Å². The number of methoxy groups -OCH3 is 1. The van der Waals surface area contributed by atoms with Gasteiger partial charge in [-0.25, -0.2) is 0 Å². The summed E-state index contributed by atoms with van der Waals surface area (Å²) >= 11 is 0. The van der Waals surface area contributed by atoms with Crippen LogP contribution in [-0.4, -0.2) is 70.6 Å². The highest BCUT2D eigenvalue weighted by Gasteiger charge is 2.29. The Balaban J connectivity index is 1.83.